The summed E-state index contributed by atoms with van der Waals surface area (Å²) in [4.78, 5) is 11.0. The van der Waals surface area contributed by atoms with E-state index < -0.39 is 11.6 Å². The Morgan fingerprint density at radius 1 is 1.14 bits per heavy atom. The predicted molar refractivity (Wildman–Crippen MR) is 52.9 cm³/mol. The highest BCUT2D eigenvalue weighted by molar-refractivity contribution is 5.82. The van der Waals surface area contributed by atoms with Crippen LogP contribution in [0.15, 0.2) is 11.5 Å². The molecular formula is C8H17N3O3. The molecule has 5 N–H and O–H groups in total. The molecule has 0 aliphatic carbocycles. The number of hydrogen-bond acceptors (Lipinski definition) is 5. The first-order valence-corrected chi connectivity index (χ1v) is 4.15. The number of aliphatic carboxylic acids is 1. The van der Waals surface area contributed by atoms with Crippen LogP contribution in [0.2, 0.25) is 0 Å². The molecule has 0 spiro atoms. The molecule has 0 saturated heterocycles. The van der Waals surface area contributed by atoms with Gasteiger partial charge >= 0.3 is 5.97 Å². The second-order valence-corrected chi connectivity index (χ2v) is 2.78. The average molecular weight is 203 g/mol. The van der Waals surface area contributed by atoms with Gasteiger partial charge in [0, 0.05) is 12.7 Å². The average Bonchev–Trinajstić information content (AvgIpc) is 2.18. The van der Waals surface area contributed by atoms with Gasteiger partial charge in [-0.25, -0.2) is 4.79 Å². The molecule has 0 aromatic carbocycles. The summed E-state index contributed by atoms with van der Waals surface area (Å²) in [6.07, 6.45) is 0. The molecule has 0 radical (unpaired) electrons. The number of rotatable bonds is 5. The van der Waals surface area contributed by atoms with Gasteiger partial charge in [-0.3, -0.25) is 10.6 Å². The van der Waals surface area contributed by atoms with Crippen molar-refractivity contribution in [2.24, 2.45) is 0 Å². The molecule has 0 atom stereocenters. The molecule has 0 aliphatic heterocycles. The molecule has 0 aromatic rings. The van der Waals surface area contributed by atoms with E-state index in [0.29, 0.717) is 5.70 Å². The SMILES string of the molecule is CNC(C)=C(O)C(NC)(NC)C(=O)O. The zero-order valence-electron chi connectivity index (χ0n) is 8.80. The van der Waals surface area contributed by atoms with E-state index in [1.54, 1.807) is 14.0 Å². The lowest BCUT2D eigenvalue weighted by Crippen LogP contribution is -2.62. The Labute approximate surface area is 83.0 Å². The van der Waals surface area contributed by atoms with Crippen molar-refractivity contribution >= 4 is 5.97 Å². The molecule has 82 valence electrons. The first kappa shape index (κ1) is 12.7. The summed E-state index contributed by atoms with van der Waals surface area (Å²) in [6.45, 7) is 1.59. The van der Waals surface area contributed by atoms with Crippen LogP contribution < -0.4 is 16.0 Å². The van der Waals surface area contributed by atoms with Crippen molar-refractivity contribution in [3.05, 3.63) is 11.5 Å². The Morgan fingerprint density at radius 3 is 1.79 bits per heavy atom. The fraction of sp³-hybridized carbons (Fsp3) is 0.625. The summed E-state index contributed by atoms with van der Waals surface area (Å²) in [5.41, 5.74) is -1.26. The highest BCUT2D eigenvalue weighted by Crippen LogP contribution is 2.13. The minimum Gasteiger partial charge on any atom is -0.507 e. The quantitative estimate of drug-likeness (QED) is 0.297. The van der Waals surface area contributed by atoms with Crippen LogP contribution in [-0.4, -0.2) is 43.0 Å². The largest absolute Gasteiger partial charge is 0.507 e. The van der Waals surface area contributed by atoms with Crippen molar-refractivity contribution in [2.45, 2.75) is 12.6 Å². The molecule has 0 saturated carbocycles. The molecule has 0 bridgehead atoms. The van der Waals surface area contributed by atoms with Crippen LogP contribution in [-0.2, 0) is 4.79 Å². The molecule has 0 aromatic heterocycles. The van der Waals surface area contributed by atoms with Crippen molar-refractivity contribution < 1.29 is 15.0 Å². The van der Waals surface area contributed by atoms with Gasteiger partial charge in [-0.1, -0.05) is 0 Å². The highest BCUT2D eigenvalue weighted by atomic mass is 16.4. The van der Waals surface area contributed by atoms with Crippen molar-refractivity contribution in [1.29, 1.82) is 0 Å². The van der Waals surface area contributed by atoms with Crippen LogP contribution in [0.3, 0.4) is 0 Å². The van der Waals surface area contributed by atoms with Crippen LogP contribution in [0, 0.1) is 0 Å². The maximum atomic E-state index is 11.0. The Morgan fingerprint density at radius 2 is 1.57 bits per heavy atom. The standard InChI is InChI=1S/C8H17N3O3/c1-5(9-2)6(12)8(10-3,11-4)7(13)14/h9-12H,1-4H3,(H,13,14). The van der Waals surface area contributed by atoms with Gasteiger partial charge in [-0.2, -0.15) is 0 Å². The van der Waals surface area contributed by atoms with Crippen LogP contribution in [0.25, 0.3) is 0 Å². The summed E-state index contributed by atoms with van der Waals surface area (Å²) in [6, 6.07) is 0. The second-order valence-electron chi connectivity index (χ2n) is 2.78. The van der Waals surface area contributed by atoms with Crippen molar-refractivity contribution in [2.75, 3.05) is 21.1 Å². The third kappa shape index (κ3) is 1.97. The maximum Gasteiger partial charge on any atom is 0.347 e. The number of carboxylic acids is 1. The van der Waals surface area contributed by atoms with E-state index in [9.17, 15) is 9.90 Å². The number of carbonyl (C=O) groups is 1. The fourth-order valence-corrected chi connectivity index (χ4v) is 1.08. The first-order valence-electron chi connectivity index (χ1n) is 4.15. The molecule has 0 rings (SSSR count). The predicted octanol–water partition coefficient (Wildman–Crippen LogP) is -0.785. The monoisotopic (exact) mass is 203 g/mol. The lowest BCUT2D eigenvalue weighted by atomic mass is 10.1. The number of aliphatic hydroxyl groups excluding tert-OH is 1. The van der Waals surface area contributed by atoms with Crippen LogP contribution in [0.5, 0.6) is 0 Å². The van der Waals surface area contributed by atoms with Crippen molar-refractivity contribution in [1.82, 2.24) is 16.0 Å². The topological polar surface area (TPSA) is 93.6 Å². The van der Waals surface area contributed by atoms with E-state index in [1.165, 1.54) is 14.1 Å². The fourth-order valence-electron chi connectivity index (χ4n) is 1.08. The number of aliphatic hydroxyl groups is 1. The van der Waals surface area contributed by atoms with Crippen LogP contribution >= 0.6 is 0 Å². The summed E-state index contributed by atoms with van der Waals surface area (Å²) in [5.74, 6) is -1.49. The Kier molecular flexibility index (Phi) is 4.39. The molecule has 0 aliphatic rings. The maximum absolute atomic E-state index is 11.0. The summed E-state index contributed by atoms with van der Waals surface area (Å²) < 4.78 is 0. The molecule has 0 amide bonds. The van der Waals surface area contributed by atoms with E-state index in [4.69, 9.17) is 5.11 Å². The molecule has 6 nitrogen and oxygen atoms in total. The lowest BCUT2D eigenvalue weighted by Gasteiger charge is -2.28. The van der Waals surface area contributed by atoms with E-state index in [0.717, 1.165) is 0 Å². The van der Waals surface area contributed by atoms with Gasteiger partial charge in [0.1, 0.15) is 0 Å². The van der Waals surface area contributed by atoms with Gasteiger partial charge in [0.05, 0.1) is 0 Å². The lowest BCUT2D eigenvalue weighted by molar-refractivity contribution is -0.145. The summed E-state index contributed by atoms with van der Waals surface area (Å²) in [7, 11) is 4.50. The van der Waals surface area contributed by atoms with E-state index >= 15 is 0 Å². The van der Waals surface area contributed by atoms with Crippen LogP contribution in [0.1, 0.15) is 6.92 Å². The number of likely N-dealkylation sites (N-methyl/N-ethyl adjacent to an activating group) is 2. The minimum atomic E-state index is -1.65. The second kappa shape index (κ2) is 4.83. The van der Waals surface area contributed by atoms with Gasteiger partial charge in [0.25, 0.3) is 0 Å². The van der Waals surface area contributed by atoms with Gasteiger partial charge in [0.15, 0.2) is 5.76 Å². The summed E-state index contributed by atoms with van der Waals surface area (Å²) in [5, 5.41) is 26.4. The smallest absolute Gasteiger partial charge is 0.347 e. The molecule has 0 unspecified atom stereocenters. The number of nitrogens with one attached hydrogen (secondary N) is 3. The van der Waals surface area contributed by atoms with E-state index in [-0.39, 0.29) is 5.76 Å². The first-order chi connectivity index (χ1) is 6.46. The molecule has 14 heavy (non-hydrogen) atoms. The van der Waals surface area contributed by atoms with Crippen molar-refractivity contribution in [3.63, 3.8) is 0 Å². The molecule has 0 heterocycles. The third-order valence-electron chi connectivity index (χ3n) is 2.16. The molecule has 6 heteroatoms. The summed E-state index contributed by atoms with van der Waals surface area (Å²) >= 11 is 0. The van der Waals surface area contributed by atoms with Gasteiger partial charge in [-0.15, -0.1) is 0 Å². The zero-order chi connectivity index (χ0) is 11.4. The number of allylic oxidation sites excluding steroid dienone is 1. The van der Waals surface area contributed by atoms with Crippen LogP contribution in [0.4, 0.5) is 0 Å². The van der Waals surface area contributed by atoms with Gasteiger partial charge < -0.3 is 15.5 Å². The third-order valence-corrected chi connectivity index (χ3v) is 2.16. The molecular weight excluding hydrogens is 186 g/mol. The number of carboxylic acid groups (broad SMARTS) is 1. The Bertz CT molecular complexity index is 246. The van der Waals surface area contributed by atoms with Gasteiger partial charge in [-0.05, 0) is 21.0 Å². The Balaban J connectivity index is 5.30. The normalized spacial score (nSPS) is 13.4. The van der Waals surface area contributed by atoms with E-state index in [2.05, 4.69) is 16.0 Å². The van der Waals surface area contributed by atoms with E-state index in [1.807, 2.05) is 0 Å². The Hall–Kier alpha value is -1.27. The number of hydrogen-bond donors (Lipinski definition) is 5. The highest BCUT2D eigenvalue weighted by Gasteiger charge is 2.41. The van der Waals surface area contributed by atoms with Crippen molar-refractivity contribution in [3.8, 4) is 0 Å². The van der Waals surface area contributed by atoms with Gasteiger partial charge in [0.2, 0.25) is 5.66 Å². The molecule has 0 fully saturated rings. The zero-order valence-corrected chi connectivity index (χ0v) is 8.80. The minimum absolute atomic E-state index is 0.294.